The van der Waals surface area contributed by atoms with Gasteiger partial charge in [0.1, 0.15) is 22.3 Å². The summed E-state index contributed by atoms with van der Waals surface area (Å²) in [5, 5.41) is 27.4. The van der Waals surface area contributed by atoms with Gasteiger partial charge < -0.3 is 9.15 Å². The van der Waals surface area contributed by atoms with E-state index in [2.05, 4.69) is 17.0 Å². The van der Waals surface area contributed by atoms with Crippen LogP contribution < -0.4 is 4.74 Å². The standard InChI is InChI=1S/C27H23N5O5S/c1-3-19(16-8-6-5-7-9-16)26-30-31-24(28)21(25(33)29-27(31)38-26)14-18-11-13-23(37-18)20-12-10-17(36-4-2)15-22(20)32(34)35/h5-15,19,28H,3-4H2,1-2H3/b21-14-,28-24?/t19-/m1/s1. The van der Waals surface area contributed by atoms with E-state index in [-0.39, 0.29) is 40.1 Å². The molecule has 192 valence electrons. The van der Waals surface area contributed by atoms with Crippen molar-refractivity contribution in [1.29, 1.82) is 5.41 Å². The molecular weight excluding hydrogens is 506 g/mol. The highest BCUT2D eigenvalue weighted by Gasteiger charge is 2.38. The number of amidine groups is 2. The topological polar surface area (TPSA) is 134 Å². The minimum Gasteiger partial charge on any atom is -0.494 e. The number of hydrogen-bond donors (Lipinski definition) is 1. The summed E-state index contributed by atoms with van der Waals surface area (Å²) in [6.07, 6.45) is 2.20. The third-order valence-electron chi connectivity index (χ3n) is 6.03. The largest absolute Gasteiger partial charge is 0.494 e. The molecule has 5 rings (SSSR count). The van der Waals surface area contributed by atoms with Gasteiger partial charge in [-0.25, -0.2) is 0 Å². The highest BCUT2D eigenvalue weighted by Crippen LogP contribution is 2.37. The SMILES string of the molecule is CCOc1ccc(-c2ccc(/C=C3/C(=N)N4N=C([C@H](CC)c5ccccc5)SC4=NC3=O)o2)c([N+](=O)[O-])c1. The van der Waals surface area contributed by atoms with Crippen LogP contribution in [0.2, 0.25) is 0 Å². The van der Waals surface area contributed by atoms with Crippen LogP contribution in [0.4, 0.5) is 5.69 Å². The van der Waals surface area contributed by atoms with Gasteiger partial charge in [-0.1, -0.05) is 37.3 Å². The van der Waals surface area contributed by atoms with Crippen LogP contribution >= 0.6 is 11.8 Å². The smallest absolute Gasteiger partial charge is 0.284 e. The molecule has 10 nitrogen and oxygen atoms in total. The molecule has 0 bridgehead atoms. The van der Waals surface area contributed by atoms with E-state index in [1.54, 1.807) is 31.2 Å². The van der Waals surface area contributed by atoms with Gasteiger partial charge in [0, 0.05) is 5.92 Å². The molecule has 3 aromatic rings. The lowest BCUT2D eigenvalue weighted by molar-refractivity contribution is -0.384. The second-order valence-corrected chi connectivity index (χ2v) is 9.39. The van der Waals surface area contributed by atoms with Crippen LogP contribution in [0.5, 0.6) is 5.75 Å². The summed E-state index contributed by atoms with van der Waals surface area (Å²) in [7, 11) is 0. The van der Waals surface area contributed by atoms with Crippen molar-refractivity contribution in [3.63, 3.8) is 0 Å². The highest BCUT2D eigenvalue weighted by molar-refractivity contribution is 8.27. The number of amides is 1. The van der Waals surface area contributed by atoms with Crippen molar-refractivity contribution in [1.82, 2.24) is 5.01 Å². The lowest BCUT2D eigenvalue weighted by Gasteiger charge is -2.19. The van der Waals surface area contributed by atoms with Crippen molar-refractivity contribution in [3.05, 3.63) is 87.7 Å². The first kappa shape index (κ1) is 25.2. The third-order valence-corrected chi connectivity index (χ3v) is 7.06. The highest BCUT2D eigenvalue weighted by atomic mass is 32.2. The Hall–Kier alpha value is -4.51. The molecule has 2 aliphatic rings. The predicted molar refractivity (Wildman–Crippen MR) is 146 cm³/mol. The van der Waals surface area contributed by atoms with Gasteiger partial charge in [0.25, 0.3) is 11.6 Å². The van der Waals surface area contributed by atoms with E-state index in [4.69, 9.17) is 14.6 Å². The van der Waals surface area contributed by atoms with Gasteiger partial charge in [0.15, 0.2) is 5.84 Å². The fourth-order valence-corrected chi connectivity index (χ4v) is 5.33. The molecule has 0 fully saturated rings. The summed E-state index contributed by atoms with van der Waals surface area (Å²) >= 11 is 1.29. The number of benzene rings is 2. The average molecular weight is 530 g/mol. The van der Waals surface area contributed by atoms with E-state index in [0.717, 1.165) is 17.0 Å². The molecule has 1 amide bonds. The number of nitro groups is 1. The number of carbonyl (C=O) groups is 1. The molecule has 38 heavy (non-hydrogen) atoms. The predicted octanol–water partition coefficient (Wildman–Crippen LogP) is 6.07. The lowest BCUT2D eigenvalue weighted by Crippen LogP contribution is -2.35. The Morgan fingerprint density at radius 1 is 1.18 bits per heavy atom. The molecule has 2 aliphatic heterocycles. The van der Waals surface area contributed by atoms with Gasteiger partial charge in [0.2, 0.25) is 5.17 Å². The van der Waals surface area contributed by atoms with Crippen LogP contribution in [0.25, 0.3) is 17.4 Å². The lowest BCUT2D eigenvalue weighted by atomic mass is 9.98. The quantitative estimate of drug-likeness (QED) is 0.213. The Labute approximate surface area is 222 Å². The van der Waals surface area contributed by atoms with Gasteiger partial charge >= 0.3 is 0 Å². The molecule has 1 aromatic heterocycles. The normalized spacial score (nSPS) is 16.8. The number of hydrazone groups is 1. The Morgan fingerprint density at radius 3 is 2.68 bits per heavy atom. The first-order valence-electron chi connectivity index (χ1n) is 12.0. The zero-order valence-electron chi connectivity index (χ0n) is 20.6. The second-order valence-electron chi connectivity index (χ2n) is 8.40. The van der Waals surface area contributed by atoms with E-state index in [1.165, 1.54) is 28.9 Å². The maximum atomic E-state index is 12.9. The number of fused-ring (bicyclic) bond motifs is 1. The van der Waals surface area contributed by atoms with Crippen LogP contribution in [0.1, 0.15) is 37.5 Å². The Bertz CT molecular complexity index is 1530. The molecule has 2 aromatic carbocycles. The van der Waals surface area contributed by atoms with Gasteiger partial charge in [-0.15, -0.1) is 0 Å². The number of nitro benzene ring substituents is 1. The number of ether oxygens (including phenoxy) is 1. The molecule has 11 heteroatoms. The van der Waals surface area contributed by atoms with E-state index in [0.29, 0.717) is 17.5 Å². The minimum atomic E-state index is -0.581. The van der Waals surface area contributed by atoms with Crippen LogP contribution in [0, 0.1) is 15.5 Å². The van der Waals surface area contributed by atoms with Gasteiger partial charge in [-0.05, 0) is 61.0 Å². The van der Waals surface area contributed by atoms with Crippen molar-refractivity contribution in [2.45, 2.75) is 26.2 Å². The third kappa shape index (κ3) is 4.75. The zero-order valence-corrected chi connectivity index (χ0v) is 21.4. The van der Waals surface area contributed by atoms with Crippen molar-refractivity contribution < 1.29 is 18.9 Å². The molecule has 0 aliphatic carbocycles. The number of carbonyl (C=O) groups excluding carboxylic acids is 1. The summed E-state index contributed by atoms with van der Waals surface area (Å²) in [6.45, 7) is 4.23. The molecule has 0 radical (unpaired) electrons. The number of hydrogen-bond acceptors (Lipinski definition) is 8. The van der Waals surface area contributed by atoms with Crippen LogP contribution in [0.3, 0.4) is 0 Å². The molecule has 0 saturated carbocycles. The van der Waals surface area contributed by atoms with Crippen LogP contribution in [-0.4, -0.2) is 38.5 Å². The van der Waals surface area contributed by atoms with E-state index in [1.807, 2.05) is 30.3 Å². The molecule has 0 saturated heterocycles. The van der Waals surface area contributed by atoms with Crippen molar-refractivity contribution in [2.24, 2.45) is 10.1 Å². The van der Waals surface area contributed by atoms with E-state index < -0.39 is 10.8 Å². The Balaban J connectivity index is 1.43. The van der Waals surface area contributed by atoms with Crippen LogP contribution in [0.15, 0.2) is 80.7 Å². The fourth-order valence-electron chi connectivity index (χ4n) is 4.23. The number of furan rings is 1. The summed E-state index contributed by atoms with van der Waals surface area (Å²) in [5.74, 6) is 0.200. The minimum absolute atomic E-state index is 0.00852. The number of nitrogens with one attached hydrogen (secondary N) is 1. The number of thioether (sulfide) groups is 1. The molecule has 0 spiro atoms. The summed E-state index contributed by atoms with van der Waals surface area (Å²) in [5.41, 5.74) is 1.21. The first-order valence-corrected chi connectivity index (χ1v) is 12.8. The molecule has 0 unspecified atom stereocenters. The summed E-state index contributed by atoms with van der Waals surface area (Å²) in [4.78, 5) is 28.2. The number of nitrogens with zero attached hydrogens (tertiary/aromatic N) is 4. The zero-order chi connectivity index (χ0) is 26.8. The van der Waals surface area contributed by atoms with E-state index >= 15 is 0 Å². The summed E-state index contributed by atoms with van der Waals surface area (Å²) < 4.78 is 11.2. The monoisotopic (exact) mass is 529 g/mol. The Kier molecular flexibility index (Phi) is 6.93. The molecule has 1 atom stereocenters. The van der Waals surface area contributed by atoms with Gasteiger partial charge in [0.05, 0.1) is 28.7 Å². The Morgan fingerprint density at radius 2 is 1.97 bits per heavy atom. The van der Waals surface area contributed by atoms with Crippen LogP contribution in [-0.2, 0) is 4.79 Å². The molecule has 1 N–H and O–H groups in total. The van der Waals surface area contributed by atoms with Gasteiger partial charge in [-0.3, -0.25) is 20.3 Å². The average Bonchev–Trinajstić information content (AvgIpc) is 3.55. The maximum Gasteiger partial charge on any atom is 0.284 e. The maximum absolute atomic E-state index is 12.9. The van der Waals surface area contributed by atoms with Crippen molar-refractivity contribution in [2.75, 3.05) is 6.61 Å². The summed E-state index contributed by atoms with van der Waals surface area (Å²) in [6, 6.07) is 17.6. The van der Waals surface area contributed by atoms with Crippen molar-refractivity contribution in [3.8, 4) is 17.1 Å². The number of aliphatic imine (C=N–C) groups is 1. The fraction of sp³-hybridized carbons (Fsp3) is 0.185. The number of rotatable bonds is 8. The molecular formula is C27H23N5O5S. The first-order chi connectivity index (χ1) is 18.4. The molecule has 3 heterocycles. The van der Waals surface area contributed by atoms with E-state index in [9.17, 15) is 14.9 Å². The van der Waals surface area contributed by atoms with Crippen molar-refractivity contribution >= 4 is 45.5 Å². The van der Waals surface area contributed by atoms with Gasteiger partial charge in [-0.2, -0.15) is 15.1 Å². The second kappa shape index (κ2) is 10.5.